The highest BCUT2D eigenvalue weighted by Gasteiger charge is 2.44. The summed E-state index contributed by atoms with van der Waals surface area (Å²) in [5.41, 5.74) is 3.94. The second-order valence-corrected chi connectivity index (χ2v) is 8.91. The maximum absolute atomic E-state index is 12.8. The number of rotatable bonds is 7. The van der Waals surface area contributed by atoms with Crippen molar-refractivity contribution in [2.24, 2.45) is 0 Å². The van der Waals surface area contributed by atoms with Crippen LogP contribution in [0.3, 0.4) is 0 Å². The first-order valence-electron chi connectivity index (χ1n) is 11.2. The zero-order chi connectivity index (χ0) is 24.6. The van der Waals surface area contributed by atoms with Gasteiger partial charge >= 0.3 is 12.1 Å². The van der Waals surface area contributed by atoms with Gasteiger partial charge < -0.3 is 23.9 Å². The fraction of sp³-hybridized carbons (Fsp3) is 0.269. The van der Waals surface area contributed by atoms with Crippen LogP contribution >= 0.6 is 0 Å². The molecule has 0 bridgehead atoms. The Morgan fingerprint density at radius 2 is 1.69 bits per heavy atom. The van der Waals surface area contributed by atoms with Gasteiger partial charge in [0.2, 0.25) is 5.76 Å². The van der Waals surface area contributed by atoms with Crippen LogP contribution in [-0.2, 0) is 14.3 Å². The van der Waals surface area contributed by atoms with E-state index in [0.29, 0.717) is 0 Å². The number of likely N-dealkylation sites (tertiary alicyclic amines) is 1. The zero-order valence-electron chi connectivity index (χ0n) is 19.0. The first-order valence-corrected chi connectivity index (χ1v) is 11.2. The Bertz CT molecular complexity index is 1250. The van der Waals surface area contributed by atoms with E-state index in [-0.39, 0.29) is 37.1 Å². The standard InChI is InChI=1S/C26H24N2O7/c1-26(35-13-22(29)30)14-28(15-26)24(31)23-21(10-11-33-23)27-25(32)34-12-20-18-8-4-2-6-16(18)17-7-3-5-9-19(17)20/h2-11,20H,12-15H2,1H3,(H,27,32)(H,29,30). The van der Waals surface area contributed by atoms with E-state index in [9.17, 15) is 14.4 Å². The number of carbonyl (C=O) groups is 3. The minimum absolute atomic E-state index is 0.0289. The minimum atomic E-state index is -1.07. The number of nitrogens with one attached hydrogen (secondary N) is 1. The lowest BCUT2D eigenvalue weighted by atomic mass is 9.96. The highest BCUT2D eigenvalue weighted by atomic mass is 16.5. The van der Waals surface area contributed by atoms with Crippen LogP contribution in [0.25, 0.3) is 11.1 Å². The topological polar surface area (TPSA) is 118 Å². The van der Waals surface area contributed by atoms with Crippen LogP contribution in [0.2, 0.25) is 0 Å². The number of hydrogen-bond donors (Lipinski definition) is 2. The Kier molecular flexibility index (Phi) is 5.78. The molecule has 35 heavy (non-hydrogen) atoms. The maximum Gasteiger partial charge on any atom is 0.411 e. The quantitative estimate of drug-likeness (QED) is 0.530. The van der Waals surface area contributed by atoms with E-state index in [1.165, 1.54) is 17.2 Å². The summed E-state index contributed by atoms with van der Waals surface area (Å²) in [7, 11) is 0. The summed E-state index contributed by atoms with van der Waals surface area (Å²) in [6, 6.07) is 17.6. The van der Waals surface area contributed by atoms with Crippen molar-refractivity contribution in [3.05, 3.63) is 77.7 Å². The van der Waals surface area contributed by atoms with Crippen LogP contribution in [0, 0.1) is 0 Å². The summed E-state index contributed by atoms with van der Waals surface area (Å²) in [6.07, 6.45) is 0.618. The average molecular weight is 476 g/mol. The van der Waals surface area contributed by atoms with E-state index >= 15 is 0 Å². The SMILES string of the molecule is CC1(OCC(=O)O)CN(C(=O)c2occc2NC(=O)OCC2c3ccccc3-c3ccccc32)C1. The third-order valence-electron chi connectivity index (χ3n) is 6.32. The van der Waals surface area contributed by atoms with Crippen molar-refractivity contribution in [3.63, 3.8) is 0 Å². The third kappa shape index (κ3) is 4.38. The number of fused-ring (bicyclic) bond motifs is 3. The Balaban J connectivity index is 1.20. The fourth-order valence-electron chi connectivity index (χ4n) is 4.69. The Morgan fingerprint density at radius 1 is 1.06 bits per heavy atom. The van der Waals surface area contributed by atoms with Gasteiger partial charge in [-0.3, -0.25) is 10.1 Å². The molecule has 2 heterocycles. The molecule has 180 valence electrons. The van der Waals surface area contributed by atoms with Gasteiger partial charge in [0.25, 0.3) is 5.91 Å². The molecular formula is C26H24N2O7. The number of aliphatic carboxylic acids is 1. The van der Waals surface area contributed by atoms with Crippen LogP contribution in [0.15, 0.2) is 65.3 Å². The molecule has 0 atom stereocenters. The summed E-state index contributed by atoms with van der Waals surface area (Å²) in [4.78, 5) is 37.6. The molecule has 1 aromatic heterocycles. The van der Waals surface area contributed by atoms with Crippen LogP contribution in [0.4, 0.5) is 10.5 Å². The summed E-state index contributed by atoms with van der Waals surface area (Å²) < 4.78 is 16.2. The lowest BCUT2D eigenvalue weighted by Crippen LogP contribution is -2.63. The predicted molar refractivity (Wildman–Crippen MR) is 125 cm³/mol. The number of anilines is 1. The minimum Gasteiger partial charge on any atom is -0.480 e. The summed E-state index contributed by atoms with van der Waals surface area (Å²) >= 11 is 0. The number of carboxylic acid groups (broad SMARTS) is 1. The molecule has 3 aromatic rings. The van der Waals surface area contributed by atoms with E-state index in [0.717, 1.165) is 22.3 Å². The number of nitrogens with zero attached hydrogens (tertiary/aromatic N) is 1. The molecule has 0 saturated carbocycles. The van der Waals surface area contributed by atoms with Crippen LogP contribution in [0.1, 0.15) is 34.5 Å². The highest BCUT2D eigenvalue weighted by Crippen LogP contribution is 2.44. The molecule has 2 aliphatic rings. The molecule has 2 amide bonds. The van der Waals surface area contributed by atoms with Crippen molar-refractivity contribution in [3.8, 4) is 11.1 Å². The van der Waals surface area contributed by atoms with Crippen molar-refractivity contribution in [2.45, 2.75) is 18.4 Å². The van der Waals surface area contributed by atoms with Crippen molar-refractivity contribution in [1.29, 1.82) is 0 Å². The van der Waals surface area contributed by atoms with Crippen LogP contribution < -0.4 is 5.32 Å². The molecule has 1 saturated heterocycles. The number of amides is 2. The number of ether oxygens (including phenoxy) is 2. The van der Waals surface area contributed by atoms with Gasteiger partial charge in [0.05, 0.1) is 25.0 Å². The number of furan rings is 1. The van der Waals surface area contributed by atoms with Crippen molar-refractivity contribution < 1.29 is 33.4 Å². The molecule has 2 aromatic carbocycles. The zero-order valence-corrected chi connectivity index (χ0v) is 19.0. The van der Waals surface area contributed by atoms with Gasteiger partial charge in [-0.25, -0.2) is 9.59 Å². The second kappa shape index (κ2) is 8.92. The first kappa shape index (κ1) is 22.7. The third-order valence-corrected chi connectivity index (χ3v) is 6.32. The summed E-state index contributed by atoms with van der Waals surface area (Å²) in [6.45, 7) is 1.87. The Hall–Kier alpha value is -4.11. The normalized spacial score (nSPS) is 15.6. The van der Waals surface area contributed by atoms with E-state index in [1.807, 2.05) is 36.4 Å². The monoisotopic (exact) mass is 476 g/mol. The molecular weight excluding hydrogens is 452 g/mol. The smallest absolute Gasteiger partial charge is 0.411 e. The number of carbonyl (C=O) groups excluding carboxylic acids is 2. The average Bonchev–Trinajstić information content (AvgIpc) is 3.41. The second-order valence-electron chi connectivity index (χ2n) is 8.91. The van der Waals surface area contributed by atoms with Gasteiger partial charge in [0, 0.05) is 12.0 Å². The molecule has 0 unspecified atom stereocenters. The lowest BCUT2D eigenvalue weighted by molar-refractivity contribution is -0.160. The molecule has 1 aliphatic carbocycles. The molecule has 2 N–H and O–H groups in total. The number of benzene rings is 2. The van der Waals surface area contributed by atoms with Gasteiger partial charge in [-0.2, -0.15) is 0 Å². The fourth-order valence-corrected chi connectivity index (χ4v) is 4.69. The van der Waals surface area contributed by atoms with E-state index in [4.69, 9.17) is 19.0 Å². The van der Waals surface area contributed by atoms with Crippen LogP contribution in [-0.4, -0.2) is 59.9 Å². The molecule has 0 spiro atoms. The van der Waals surface area contributed by atoms with Gasteiger partial charge in [-0.1, -0.05) is 48.5 Å². The highest BCUT2D eigenvalue weighted by molar-refractivity contribution is 6.00. The molecule has 5 rings (SSSR count). The van der Waals surface area contributed by atoms with Gasteiger partial charge in [0.1, 0.15) is 18.8 Å². The summed E-state index contributed by atoms with van der Waals surface area (Å²) in [5.74, 6) is -1.61. The lowest BCUT2D eigenvalue weighted by Gasteiger charge is -2.46. The number of hydrogen-bond acceptors (Lipinski definition) is 6. The first-order chi connectivity index (χ1) is 16.8. The van der Waals surface area contributed by atoms with Gasteiger partial charge in [-0.05, 0) is 29.2 Å². The van der Waals surface area contributed by atoms with Crippen molar-refractivity contribution in [2.75, 3.05) is 31.6 Å². The van der Waals surface area contributed by atoms with Crippen molar-refractivity contribution in [1.82, 2.24) is 4.90 Å². The van der Waals surface area contributed by atoms with Crippen molar-refractivity contribution >= 4 is 23.7 Å². The molecule has 9 nitrogen and oxygen atoms in total. The van der Waals surface area contributed by atoms with E-state index < -0.39 is 30.2 Å². The largest absolute Gasteiger partial charge is 0.480 e. The van der Waals surface area contributed by atoms with Gasteiger partial charge in [-0.15, -0.1) is 0 Å². The van der Waals surface area contributed by atoms with Crippen LogP contribution in [0.5, 0.6) is 0 Å². The molecule has 9 heteroatoms. The molecule has 0 radical (unpaired) electrons. The Labute approximate surface area is 201 Å². The Morgan fingerprint density at radius 3 is 2.31 bits per heavy atom. The van der Waals surface area contributed by atoms with E-state index in [1.54, 1.807) is 6.92 Å². The maximum atomic E-state index is 12.8. The summed E-state index contributed by atoms with van der Waals surface area (Å²) in [5, 5.41) is 11.4. The molecule has 1 aliphatic heterocycles. The van der Waals surface area contributed by atoms with E-state index in [2.05, 4.69) is 17.4 Å². The van der Waals surface area contributed by atoms with Gasteiger partial charge in [0.15, 0.2) is 0 Å². The predicted octanol–water partition coefficient (Wildman–Crippen LogP) is 3.96. The molecule has 1 fully saturated rings. The number of carboxylic acids is 1.